The molecule has 154 valence electrons. The number of alkyl halides is 3. The zero-order chi connectivity index (χ0) is 20.5. The van der Waals surface area contributed by atoms with Crippen LogP contribution in [-0.4, -0.2) is 59.1 Å². The lowest BCUT2D eigenvalue weighted by atomic mass is 10.0. The minimum atomic E-state index is -5.08. The van der Waals surface area contributed by atoms with Crippen LogP contribution in [0.15, 0.2) is 24.3 Å². The summed E-state index contributed by atoms with van der Waals surface area (Å²) in [6, 6.07) is 6.58. The summed E-state index contributed by atoms with van der Waals surface area (Å²) in [7, 11) is 0. The van der Waals surface area contributed by atoms with Gasteiger partial charge >= 0.3 is 12.1 Å². The molecule has 1 amide bonds. The number of aliphatic carboxylic acids is 1. The number of carbonyl (C=O) groups is 2. The van der Waals surface area contributed by atoms with Crippen molar-refractivity contribution < 1.29 is 32.3 Å². The predicted octanol–water partition coefficient (Wildman–Crippen LogP) is 2.76. The quantitative estimate of drug-likeness (QED) is 0.787. The summed E-state index contributed by atoms with van der Waals surface area (Å²) in [5.41, 5.74) is 0.887. The van der Waals surface area contributed by atoms with E-state index in [-0.39, 0.29) is 17.6 Å². The molecule has 1 saturated carbocycles. The number of likely N-dealkylation sites (tertiary alicyclic amines) is 2. The van der Waals surface area contributed by atoms with Gasteiger partial charge in [-0.15, -0.1) is 0 Å². The number of amides is 1. The normalized spacial score (nSPS) is 24.7. The van der Waals surface area contributed by atoms with Gasteiger partial charge in [0.15, 0.2) is 0 Å². The molecule has 0 unspecified atom stereocenters. The fraction of sp³-hybridized carbons (Fsp3) is 0.579. The average Bonchev–Trinajstić information content (AvgIpc) is 3.25. The molecule has 0 bridgehead atoms. The molecule has 28 heavy (non-hydrogen) atoms. The molecular formula is C19H22F4N2O3. The van der Waals surface area contributed by atoms with Crippen LogP contribution >= 0.6 is 0 Å². The molecule has 2 heterocycles. The number of benzene rings is 1. The van der Waals surface area contributed by atoms with Crippen molar-refractivity contribution >= 4 is 11.9 Å². The molecule has 1 N–H and O–H groups in total. The van der Waals surface area contributed by atoms with Gasteiger partial charge in [0.05, 0.1) is 5.92 Å². The average molecular weight is 402 g/mol. The lowest BCUT2D eigenvalue weighted by molar-refractivity contribution is -0.192. The molecule has 0 aromatic heterocycles. The van der Waals surface area contributed by atoms with Gasteiger partial charge in [0, 0.05) is 38.6 Å². The highest BCUT2D eigenvalue weighted by molar-refractivity contribution is 5.82. The zero-order valence-corrected chi connectivity index (χ0v) is 15.2. The van der Waals surface area contributed by atoms with Gasteiger partial charge in [-0.05, 0) is 36.5 Å². The number of nitrogens with zero attached hydrogens (tertiary/aromatic N) is 2. The standard InChI is InChI=1S/C17H21FN2O.C2HF3O2/c18-15-3-1-2-13(6-15)8-20-10-14-9-19(7-12-4-5-12)11-16(14)17(20)21;3-2(4,5)1(6)7/h1-3,6,12,14,16H,4-5,7-11H2;(H,6,7)/t14-,16-;/m0./s1. The number of carboxylic acids is 1. The molecule has 0 spiro atoms. The third-order valence-corrected chi connectivity index (χ3v) is 5.32. The van der Waals surface area contributed by atoms with Crippen molar-refractivity contribution in [3.63, 3.8) is 0 Å². The van der Waals surface area contributed by atoms with E-state index in [1.807, 2.05) is 11.0 Å². The summed E-state index contributed by atoms with van der Waals surface area (Å²) < 4.78 is 45.0. The first-order valence-electron chi connectivity index (χ1n) is 9.19. The SMILES string of the molecule is O=C(O)C(F)(F)F.O=C1[C@H]2CN(CC3CC3)C[C@H]2CN1Cc1cccc(F)c1. The van der Waals surface area contributed by atoms with E-state index in [2.05, 4.69) is 4.90 Å². The van der Waals surface area contributed by atoms with Crippen LogP contribution in [0.5, 0.6) is 0 Å². The molecule has 0 radical (unpaired) electrons. The van der Waals surface area contributed by atoms with Crippen LogP contribution in [0, 0.1) is 23.6 Å². The summed E-state index contributed by atoms with van der Waals surface area (Å²) >= 11 is 0. The van der Waals surface area contributed by atoms with Crippen molar-refractivity contribution in [1.82, 2.24) is 9.80 Å². The topological polar surface area (TPSA) is 60.9 Å². The van der Waals surface area contributed by atoms with Crippen LogP contribution in [0.25, 0.3) is 0 Å². The summed E-state index contributed by atoms with van der Waals surface area (Å²) in [5.74, 6) is -1.17. The summed E-state index contributed by atoms with van der Waals surface area (Å²) in [6.45, 7) is 4.56. The summed E-state index contributed by atoms with van der Waals surface area (Å²) in [6.07, 6.45) is -2.35. The van der Waals surface area contributed by atoms with E-state index in [1.54, 1.807) is 6.07 Å². The first kappa shape index (κ1) is 20.6. The van der Waals surface area contributed by atoms with Crippen molar-refractivity contribution in [3.8, 4) is 0 Å². The second-order valence-corrected chi connectivity index (χ2v) is 7.68. The monoisotopic (exact) mass is 402 g/mol. The van der Waals surface area contributed by atoms with E-state index >= 15 is 0 Å². The highest BCUT2D eigenvalue weighted by Crippen LogP contribution is 2.36. The van der Waals surface area contributed by atoms with Crippen LogP contribution in [-0.2, 0) is 16.1 Å². The van der Waals surface area contributed by atoms with Crippen LogP contribution in [0.3, 0.4) is 0 Å². The zero-order valence-electron chi connectivity index (χ0n) is 15.2. The number of hydrogen-bond acceptors (Lipinski definition) is 3. The molecule has 5 nitrogen and oxygen atoms in total. The third kappa shape index (κ3) is 5.21. The Morgan fingerprint density at radius 2 is 1.86 bits per heavy atom. The maximum absolute atomic E-state index is 13.2. The number of rotatable bonds is 4. The highest BCUT2D eigenvalue weighted by atomic mass is 19.4. The largest absolute Gasteiger partial charge is 0.490 e. The van der Waals surface area contributed by atoms with E-state index in [9.17, 15) is 22.4 Å². The second-order valence-electron chi connectivity index (χ2n) is 7.68. The third-order valence-electron chi connectivity index (χ3n) is 5.32. The van der Waals surface area contributed by atoms with E-state index in [0.717, 1.165) is 31.1 Å². The highest BCUT2D eigenvalue weighted by Gasteiger charge is 2.46. The molecule has 2 atom stereocenters. The molecule has 2 saturated heterocycles. The van der Waals surface area contributed by atoms with Crippen molar-refractivity contribution in [2.45, 2.75) is 25.6 Å². The Labute approximate surface area is 159 Å². The number of halogens is 4. The van der Waals surface area contributed by atoms with Crippen molar-refractivity contribution in [1.29, 1.82) is 0 Å². The molecule has 2 aliphatic heterocycles. The van der Waals surface area contributed by atoms with Gasteiger partial charge in [-0.2, -0.15) is 13.2 Å². The van der Waals surface area contributed by atoms with Crippen LogP contribution in [0.4, 0.5) is 17.6 Å². The first-order chi connectivity index (χ1) is 13.1. The first-order valence-corrected chi connectivity index (χ1v) is 9.19. The molecule has 4 rings (SSSR count). The Hall–Kier alpha value is -2.16. The van der Waals surface area contributed by atoms with E-state index in [0.29, 0.717) is 12.5 Å². The minimum Gasteiger partial charge on any atom is -0.475 e. The molecule has 9 heteroatoms. The minimum absolute atomic E-state index is 0.178. The smallest absolute Gasteiger partial charge is 0.475 e. The van der Waals surface area contributed by atoms with Crippen LogP contribution < -0.4 is 0 Å². The van der Waals surface area contributed by atoms with Gasteiger partial charge in [0.25, 0.3) is 0 Å². The maximum Gasteiger partial charge on any atom is 0.490 e. The van der Waals surface area contributed by atoms with Crippen molar-refractivity contribution in [2.75, 3.05) is 26.2 Å². The molecule has 1 aliphatic carbocycles. The molecule has 3 fully saturated rings. The Bertz CT molecular complexity index is 736. The van der Waals surface area contributed by atoms with Crippen molar-refractivity contribution in [3.05, 3.63) is 35.6 Å². The Morgan fingerprint density at radius 1 is 1.18 bits per heavy atom. The summed E-state index contributed by atoms with van der Waals surface area (Å²) in [5, 5.41) is 7.12. The Kier molecular flexibility index (Phi) is 5.92. The van der Waals surface area contributed by atoms with Gasteiger partial charge < -0.3 is 14.9 Å². The van der Waals surface area contributed by atoms with Gasteiger partial charge in [0.2, 0.25) is 5.91 Å². The number of carboxylic acid groups (broad SMARTS) is 1. The molecule has 3 aliphatic rings. The molecule has 1 aromatic rings. The Balaban J connectivity index is 0.000000279. The van der Waals surface area contributed by atoms with E-state index in [4.69, 9.17) is 9.90 Å². The van der Waals surface area contributed by atoms with Gasteiger partial charge in [-0.1, -0.05) is 12.1 Å². The van der Waals surface area contributed by atoms with Gasteiger partial charge in [0.1, 0.15) is 5.82 Å². The lowest BCUT2D eigenvalue weighted by Gasteiger charge is -2.21. The number of hydrogen-bond donors (Lipinski definition) is 1. The molecular weight excluding hydrogens is 380 g/mol. The van der Waals surface area contributed by atoms with E-state index < -0.39 is 12.1 Å². The van der Waals surface area contributed by atoms with E-state index in [1.165, 1.54) is 31.5 Å². The fourth-order valence-corrected chi connectivity index (χ4v) is 3.85. The lowest BCUT2D eigenvalue weighted by Crippen LogP contribution is -2.33. The maximum atomic E-state index is 13.2. The summed E-state index contributed by atoms with van der Waals surface area (Å²) in [4.78, 5) is 25.8. The van der Waals surface area contributed by atoms with Gasteiger partial charge in [-0.25, -0.2) is 9.18 Å². The van der Waals surface area contributed by atoms with Crippen molar-refractivity contribution in [2.24, 2.45) is 17.8 Å². The number of fused-ring (bicyclic) bond motifs is 1. The molecule has 1 aromatic carbocycles. The Morgan fingerprint density at radius 3 is 2.39 bits per heavy atom. The predicted molar refractivity (Wildman–Crippen MR) is 91.7 cm³/mol. The second kappa shape index (κ2) is 8.06. The number of carbonyl (C=O) groups excluding carboxylic acids is 1. The van der Waals surface area contributed by atoms with Crippen LogP contribution in [0.1, 0.15) is 18.4 Å². The van der Waals surface area contributed by atoms with Crippen LogP contribution in [0.2, 0.25) is 0 Å². The fourth-order valence-electron chi connectivity index (χ4n) is 3.85. The van der Waals surface area contributed by atoms with Gasteiger partial charge in [-0.3, -0.25) is 4.79 Å².